The molecule has 10 heteroatoms. The second-order valence-electron chi connectivity index (χ2n) is 8.27. The summed E-state index contributed by atoms with van der Waals surface area (Å²) in [5, 5.41) is 2.91. The van der Waals surface area contributed by atoms with Gasteiger partial charge in [-0.15, -0.1) is 0 Å². The van der Waals surface area contributed by atoms with Gasteiger partial charge in [0.05, 0.1) is 29.1 Å². The Hall–Kier alpha value is -3.11. The van der Waals surface area contributed by atoms with Crippen molar-refractivity contribution in [3.63, 3.8) is 0 Å². The lowest BCUT2D eigenvalue weighted by Gasteiger charge is -2.18. The van der Waals surface area contributed by atoms with Crippen molar-refractivity contribution >= 4 is 32.7 Å². The van der Waals surface area contributed by atoms with Gasteiger partial charge in [0.1, 0.15) is 5.82 Å². The average molecular weight is 501 g/mol. The van der Waals surface area contributed by atoms with Crippen LogP contribution < -0.4 is 14.8 Å². The molecule has 1 aliphatic rings. The molecule has 0 radical (unpaired) electrons. The van der Waals surface area contributed by atoms with E-state index in [-0.39, 0.29) is 17.2 Å². The lowest BCUT2D eigenvalue weighted by molar-refractivity contribution is -0.116. The predicted molar refractivity (Wildman–Crippen MR) is 135 cm³/mol. The number of carbonyl (C=O) groups is 1. The number of amides is 1. The van der Waals surface area contributed by atoms with Crippen LogP contribution in [0.5, 0.6) is 11.5 Å². The molecule has 0 bridgehead atoms. The van der Waals surface area contributed by atoms with Crippen molar-refractivity contribution in [2.75, 3.05) is 31.6 Å². The Kier molecular flexibility index (Phi) is 7.61. The third-order valence-electron chi connectivity index (χ3n) is 6.07. The van der Waals surface area contributed by atoms with Gasteiger partial charge in [0.15, 0.2) is 11.5 Å². The van der Waals surface area contributed by atoms with Crippen LogP contribution in [0, 0.1) is 0 Å². The summed E-state index contributed by atoms with van der Waals surface area (Å²) >= 11 is 0. The van der Waals surface area contributed by atoms with Gasteiger partial charge >= 0.3 is 0 Å². The highest BCUT2D eigenvalue weighted by molar-refractivity contribution is 7.89. The van der Waals surface area contributed by atoms with Crippen LogP contribution in [0.15, 0.2) is 41.3 Å². The fraction of sp³-hybridized carbons (Fsp3) is 0.440. The molecule has 1 N–H and O–H groups in total. The van der Waals surface area contributed by atoms with Gasteiger partial charge in [-0.25, -0.2) is 13.4 Å². The lowest BCUT2D eigenvalue weighted by Crippen LogP contribution is -2.30. The zero-order chi connectivity index (χ0) is 25.0. The molecule has 1 aromatic heterocycles. The zero-order valence-electron chi connectivity index (χ0n) is 20.4. The Labute approximate surface area is 206 Å². The fourth-order valence-electron chi connectivity index (χ4n) is 4.27. The van der Waals surface area contributed by atoms with E-state index in [2.05, 4.69) is 10.3 Å². The van der Waals surface area contributed by atoms with Gasteiger partial charge in [0, 0.05) is 50.7 Å². The van der Waals surface area contributed by atoms with E-state index in [9.17, 15) is 13.2 Å². The van der Waals surface area contributed by atoms with Gasteiger partial charge in [-0.1, -0.05) is 13.8 Å². The molecular weight excluding hydrogens is 468 g/mol. The third-order valence-corrected chi connectivity index (χ3v) is 8.11. The first-order valence-electron chi connectivity index (χ1n) is 12.1. The molecule has 0 saturated carbocycles. The smallest absolute Gasteiger partial charge is 0.243 e. The summed E-state index contributed by atoms with van der Waals surface area (Å²) in [6.45, 7) is 8.31. The second kappa shape index (κ2) is 10.7. The van der Waals surface area contributed by atoms with Gasteiger partial charge < -0.3 is 19.4 Å². The quantitative estimate of drug-likeness (QED) is 0.479. The van der Waals surface area contributed by atoms with Crippen molar-refractivity contribution in [3.8, 4) is 11.5 Å². The van der Waals surface area contributed by atoms with E-state index < -0.39 is 10.0 Å². The number of sulfonamides is 1. The van der Waals surface area contributed by atoms with Crippen molar-refractivity contribution in [1.82, 2.24) is 13.9 Å². The molecule has 0 fully saturated rings. The maximum absolute atomic E-state index is 12.9. The van der Waals surface area contributed by atoms with Crippen LogP contribution in [-0.4, -0.2) is 54.5 Å². The van der Waals surface area contributed by atoms with Crippen molar-refractivity contribution in [2.24, 2.45) is 0 Å². The third kappa shape index (κ3) is 5.28. The number of aryl methyl sites for hydroxylation is 2. The number of hydrogen-bond donors (Lipinski definition) is 1. The van der Waals surface area contributed by atoms with E-state index in [1.54, 1.807) is 36.4 Å². The molecule has 2 heterocycles. The number of carbonyl (C=O) groups excluding carboxylic acids is 1. The highest BCUT2D eigenvalue weighted by Crippen LogP contribution is 2.32. The van der Waals surface area contributed by atoms with Gasteiger partial charge in [0.25, 0.3) is 0 Å². The molecule has 3 aromatic rings. The zero-order valence-corrected chi connectivity index (χ0v) is 21.2. The number of hydrogen-bond acceptors (Lipinski definition) is 6. The summed E-state index contributed by atoms with van der Waals surface area (Å²) < 4.78 is 40.6. The van der Waals surface area contributed by atoms with Crippen LogP contribution >= 0.6 is 0 Å². The highest BCUT2D eigenvalue weighted by atomic mass is 32.2. The molecule has 0 unspecified atom stereocenters. The van der Waals surface area contributed by atoms with E-state index in [0.29, 0.717) is 62.0 Å². The Bertz CT molecular complexity index is 1310. The van der Waals surface area contributed by atoms with Crippen molar-refractivity contribution < 1.29 is 22.7 Å². The molecule has 2 aromatic carbocycles. The molecule has 0 atom stereocenters. The molecule has 9 nitrogen and oxygen atoms in total. The minimum absolute atomic E-state index is 0.140. The first-order chi connectivity index (χ1) is 16.9. The molecular formula is C25H32N4O5S. The maximum Gasteiger partial charge on any atom is 0.243 e. The summed E-state index contributed by atoms with van der Waals surface area (Å²) in [4.78, 5) is 17.6. The molecule has 0 saturated heterocycles. The minimum atomic E-state index is -3.57. The van der Waals surface area contributed by atoms with Gasteiger partial charge in [0.2, 0.25) is 15.9 Å². The number of imidazole rings is 1. The Balaban J connectivity index is 1.49. The Morgan fingerprint density at radius 1 is 1.06 bits per heavy atom. The number of benzene rings is 2. The number of nitrogens with one attached hydrogen (secondary N) is 1. The van der Waals surface area contributed by atoms with Crippen molar-refractivity contribution in [2.45, 2.75) is 51.5 Å². The molecule has 4 rings (SSSR count). The summed E-state index contributed by atoms with van der Waals surface area (Å²) in [5.74, 6) is 1.91. The van der Waals surface area contributed by atoms with E-state index in [0.717, 1.165) is 17.8 Å². The second-order valence-corrected chi connectivity index (χ2v) is 10.2. The van der Waals surface area contributed by atoms with E-state index >= 15 is 0 Å². The van der Waals surface area contributed by atoms with Gasteiger partial charge in [-0.05, 0) is 37.3 Å². The van der Waals surface area contributed by atoms with Gasteiger partial charge in [-0.2, -0.15) is 4.31 Å². The van der Waals surface area contributed by atoms with Crippen molar-refractivity contribution in [1.29, 1.82) is 0 Å². The van der Waals surface area contributed by atoms with E-state index in [1.807, 2.05) is 25.3 Å². The molecule has 1 aliphatic heterocycles. The monoisotopic (exact) mass is 500 g/mol. The molecule has 1 amide bonds. The summed E-state index contributed by atoms with van der Waals surface area (Å²) in [5.41, 5.74) is 2.11. The number of anilines is 1. The van der Waals surface area contributed by atoms with Crippen LogP contribution in [-0.2, 0) is 27.8 Å². The molecule has 35 heavy (non-hydrogen) atoms. The largest absolute Gasteiger partial charge is 0.490 e. The predicted octanol–water partition coefficient (Wildman–Crippen LogP) is 3.82. The standard InChI is InChI=1S/C25H32N4O5S/c1-4-28(5-2)35(31,32)19-9-10-21-20(17-19)27-24(29(21)6-3)12-13-25(30)26-18-8-11-22-23(16-18)34-15-7-14-33-22/h8-11,16-17H,4-7,12-15H2,1-3H3,(H,26,30). The van der Waals surface area contributed by atoms with Crippen molar-refractivity contribution in [3.05, 3.63) is 42.2 Å². The van der Waals surface area contributed by atoms with Gasteiger partial charge in [-0.3, -0.25) is 4.79 Å². The first kappa shape index (κ1) is 25.0. The number of nitrogens with zero attached hydrogens (tertiary/aromatic N) is 3. The Morgan fingerprint density at radius 3 is 2.51 bits per heavy atom. The summed E-state index contributed by atoms with van der Waals surface area (Å²) in [6.07, 6.45) is 1.48. The molecule has 0 spiro atoms. The summed E-state index contributed by atoms with van der Waals surface area (Å²) in [7, 11) is -3.57. The molecule has 0 aliphatic carbocycles. The fourth-order valence-corrected chi connectivity index (χ4v) is 5.74. The van der Waals surface area contributed by atoms with Crippen LogP contribution in [0.1, 0.15) is 39.4 Å². The van der Waals surface area contributed by atoms with E-state index in [4.69, 9.17) is 9.47 Å². The normalized spacial score (nSPS) is 13.7. The number of rotatable bonds is 9. The molecule has 188 valence electrons. The number of fused-ring (bicyclic) bond motifs is 2. The van der Waals surface area contributed by atoms with Crippen LogP contribution in [0.3, 0.4) is 0 Å². The number of ether oxygens (including phenoxy) is 2. The van der Waals surface area contributed by atoms with E-state index in [1.165, 1.54) is 4.31 Å². The van der Waals surface area contributed by atoms with Crippen LogP contribution in [0.2, 0.25) is 0 Å². The highest BCUT2D eigenvalue weighted by Gasteiger charge is 2.23. The SMILES string of the molecule is CCN(CC)S(=O)(=O)c1ccc2c(c1)nc(CCC(=O)Nc1ccc3c(c1)OCCCO3)n2CC. The maximum atomic E-state index is 12.9. The topological polar surface area (TPSA) is 103 Å². The first-order valence-corrected chi connectivity index (χ1v) is 13.5. The summed E-state index contributed by atoms with van der Waals surface area (Å²) in [6, 6.07) is 10.4. The average Bonchev–Trinajstić information content (AvgIpc) is 3.03. The van der Waals surface area contributed by atoms with Crippen LogP contribution in [0.4, 0.5) is 5.69 Å². The number of aromatic nitrogens is 2. The minimum Gasteiger partial charge on any atom is -0.490 e. The Morgan fingerprint density at radius 2 is 1.80 bits per heavy atom. The van der Waals surface area contributed by atoms with Crippen LogP contribution in [0.25, 0.3) is 11.0 Å². The lowest BCUT2D eigenvalue weighted by atomic mass is 10.2.